The number of aromatic nitrogens is 3. The molecule has 26 heteroatoms. The van der Waals surface area contributed by atoms with Gasteiger partial charge in [0.05, 0.1) is 32.4 Å². The van der Waals surface area contributed by atoms with Crippen LogP contribution in [0, 0.1) is 62.9 Å². The number of nitrogens with one attached hydrogen (secondary N) is 1. The number of alkyl halides is 3. The van der Waals surface area contributed by atoms with E-state index in [1.807, 2.05) is 18.3 Å². The van der Waals surface area contributed by atoms with Crippen LogP contribution < -0.4 is 0 Å². The Labute approximate surface area is 702 Å². The van der Waals surface area contributed by atoms with Gasteiger partial charge in [0.15, 0.2) is 17.3 Å². The lowest BCUT2D eigenvalue weighted by molar-refractivity contribution is -0.143. The summed E-state index contributed by atoms with van der Waals surface area (Å²) in [6.45, 7) is 18.0. The van der Waals surface area contributed by atoms with Gasteiger partial charge in [-0.15, -0.1) is 0 Å². The number of para-hydroxylation sites is 1. The van der Waals surface area contributed by atoms with Gasteiger partial charge in [-0.2, -0.15) is 31.2 Å². The molecule has 8 aromatic carbocycles. The molecule has 0 radical (unpaired) electrons. The Morgan fingerprint density at radius 1 is 0.475 bits per heavy atom. The molecule has 4 aliphatic heterocycles. The second-order valence-electron chi connectivity index (χ2n) is 32.6. The van der Waals surface area contributed by atoms with Crippen LogP contribution in [0.5, 0.6) is 0 Å². The number of allylic oxidation sites excluding steroid dienone is 6. The van der Waals surface area contributed by atoms with Gasteiger partial charge in [0, 0.05) is 74.5 Å². The van der Waals surface area contributed by atoms with Crippen LogP contribution in [0.2, 0.25) is 15.1 Å². The number of rotatable bonds is 12. The van der Waals surface area contributed by atoms with Gasteiger partial charge < -0.3 is 9.88 Å². The summed E-state index contributed by atoms with van der Waals surface area (Å²) in [4.78, 5) is 18.0. The average Bonchev–Trinajstić information content (AvgIpc) is 1.13. The fourth-order valence-corrected chi connectivity index (χ4v) is 23.4. The number of nitrogens with zero attached hydrogens (tertiary/aromatic N) is 6. The van der Waals surface area contributed by atoms with E-state index in [2.05, 4.69) is 124 Å². The lowest BCUT2D eigenvalue weighted by Gasteiger charge is -2.33. The van der Waals surface area contributed by atoms with Crippen LogP contribution in [0.3, 0.4) is 0 Å². The number of piperidine rings is 4. The zero-order valence-electron chi connectivity index (χ0n) is 66.7. The fourth-order valence-electron chi connectivity index (χ4n) is 17.7. The van der Waals surface area contributed by atoms with Crippen molar-refractivity contribution < 1.29 is 56.4 Å². The quantitative estimate of drug-likeness (QED) is 0.0932. The third kappa shape index (κ3) is 17.8. The van der Waals surface area contributed by atoms with Gasteiger partial charge in [0.1, 0.15) is 15.6 Å². The van der Waals surface area contributed by atoms with E-state index in [4.69, 9.17) is 34.8 Å². The summed E-state index contributed by atoms with van der Waals surface area (Å²) in [5.41, 5.74) is 18.6. The second-order valence-corrected chi connectivity index (χ2v) is 39.6. The van der Waals surface area contributed by atoms with Crippen molar-refractivity contribution in [3.05, 3.63) is 293 Å². The Kier molecular flexibility index (Phi) is 25.3. The first kappa shape index (κ1) is 85.8. The molecule has 620 valence electrons. The highest BCUT2D eigenvalue weighted by Crippen LogP contribution is 2.46. The molecule has 7 aliphatic rings. The molecule has 0 atom stereocenters. The average molecular weight is 1730 g/mol. The summed E-state index contributed by atoms with van der Waals surface area (Å²) in [5, 5.41) is 5.05. The molecule has 1 amide bonds. The van der Waals surface area contributed by atoms with Crippen molar-refractivity contribution >= 4 is 98.4 Å². The highest BCUT2D eigenvalue weighted by Gasteiger charge is 2.43. The normalized spacial score (nSPS) is 17.5. The number of aromatic amines is 1. The Morgan fingerprint density at radius 3 is 1.39 bits per heavy atom. The minimum Gasteiger partial charge on any atom is -0.361 e. The number of carbonyl (C=O) groups is 1. The van der Waals surface area contributed by atoms with Crippen molar-refractivity contribution in [2.24, 2.45) is 17.8 Å². The molecule has 0 spiro atoms. The predicted molar refractivity (Wildman–Crippen MR) is 455 cm³/mol. The Hall–Kier alpha value is -8.62. The SMILES string of the molecule is Cc1cc(S(=O)(=O)N2CCC(c3c[nH]c4ccc(F)cc34)CC2)c(Cl)cc1Cl.Cc1cccc2c1CC=C2C1CCN(C(=O)c2cnn(-c3ccccc3)c2C(F)(F)F)CC1.Cc1cccc2c1CC=C2C1CCN(S(=O)(=O)c2cc(F)c(F)cc2Cl)CC1.Cc1cccc2c1CC=C2C1CCN(S(=O)(=O)c2ccc(C(C)(C)C)cc2)CC1. The summed E-state index contributed by atoms with van der Waals surface area (Å²) < 4.78 is 166. The van der Waals surface area contributed by atoms with Gasteiger partial charge in [-0.3, -0.25) is 4.79 Å². The molecule has 0 saturated carbocycles. The number of H-pyrrole nitrogens is 1. The molecule has 6 heterocycles. The molecule has 4 saturated heterocycles. The molecule has 118 heavy (non-hydrogen) atoms. The number of fused-ring (bicyclic) bond motifs is 4. The van der Waals surface area contributed by atoms with Gasteiger partial charge in [-0.25, -0.2) is 43.1 Å². The van der Waals surface area contributed by atoms with Gasteiger partial charge >= 0.3 is 6.18 Å². The van der Waals surface area contributed by atoms with E-state index >= 15 is 0 Å². The van der Waals surface area contributed by atoms with Gasteiger partial charge in [-0.05, 0) is 278 Å². The van der Waals surface area contributed by atoms with Gasteiger partial charge in [-0.1, -0.05) is 159 Å². The van der Waals surface area contributed by atoms with E-state index in [9.17, 15) is 56.4 Å². The zero-order chi connectivity index (χ0) is 84.1. The van der Waals surface area contributed by atoms with Crippen LogP contribution in [-0.2, 0) is 60.9 Å². The molecule has 10 aromatic rings. The maximum atomic E-state index is 14.0. The highest BCUT2D eigenvalue weighted by molar-refractivity contribution is 7.89. The number of halogens is 9. The maximum absolute atomic E-state index is 14.0. The van der Waals surface area contributed by atoms with E-state index in [-0.39, 0.29) is 48.6 Å². The molecule has 1 N–H and O–H groups in total. The van der Waals surface area contributed by atoms with Crippen molar-refractivity contribution in [1.82, 2.24) is 32.6 Å². The molecule has 0 unspecified atom stereocenters. The molecular weight excluding hydrogens is 1630 g/mol. The second kappa shape index (κ2) is 34.8. The number of benzene rings is 8. The molecular formula is C92H94Cl3F6N7O7S3. The van der Waals surface area contributed by atoms with E-state index in [0.717, 1.165) is 77.9 Å². The monoisotopic (exact) mass is 1720 g/mol. The lowest BCUT2D eigenvalue weighted by atomic mass is 9.85. The van der Waals surface area contributed by atoms with E-state index < -0.39 is 65.0 Å². The number of sulfonamides is 3. The Bertz CT molecular complexity index is 5940. The predicted octanol–water partition coefficient (Wildman–Crippen LogP) is 21.5. The summed E-state index contributed by atoms with van der Waals surface area (Å²) >= 11 is 18.1. The minimum absolute atomic E-state index is 0.0181. The summed E-state index contributed by atoms with van der Waals surface area (Å²) in [5.74, 6) is -2.05. The first-order valence-corrected chi connectivity index (χ1v) is 45.4. The van der Waals surface area contributed by atoms with E-state index in [1.165, 1.54) is 117 Å². The van der Waals surface area contributed by atoms with Gasteiger partial charge in [0.25, 0.3) is 5.91 Å². The Morgan fingerprint density at radius 2 is 0.915 bits per heavy atom. The first-order chi connectivity index (χ1) is 56.1. The van der Waals surface area contributed by atoms with Crippen LogP contribution in [0.1, 0.15) is 161 Å². The molecule has 3 aliphatic carbocycles. The molecule has 17 rings (SSSR count). The van der Waals surface area contributed by atoms with Crippen molar-refractivity contribution in [1.29, 1.82) is 0 Å². The van der Waals surface area contributed by atoms with Crippen LogP contribution in [0.25, 0.3) is 33.3 Å². The minimum atomic E-state index is -4.70. The number of likely N-dealkylation sites (tertiary alicyclic amines) is 1. The molecule has 4 fully saturated rings. The Balaban J connectivity index is 0.000000130. The first-order valence-electron chi connectivity index (χ1n) is 39.9. The van der Waals surface area contributed by atoms with Crippen LogP contribution >= 0.6 is 34.8 Å². The maximum Gasteiger partial charge on any atom is 0.434 e. The smallest absolute Gasteiger partial charge is 0.361 e. The summed E-state index contributed by atoms with van der Waals surface area (Å²) in [6.07, 6.45) is 13.9. The number of amides is 1. The third-order valence-corrected chi connectivity index (χ3v) is 31.4. The largest absolute Gasteiger partial charge is 0.434 e. The number of aryl methyl sites for hydroxylation is 4. The van der Waals surface area contributed by atoms with Crippen molar-refractivity contribution in [2.45, 2.75) is 151 Å². The fraction of sp³-hybridized carbons (Fsp3) is 0.348. The number of carbonyl (C=O) groups excluding carboxylic acids is 1. The standard InChI is InChI=1S/C26H24F3N3O.C25H31NO2S.C21H20ClF2NO2S.C20H19Cl2FN2O2S/c1-17-6-5-9-22-20(17)10-11-21(22)18-12-14-31(15-13-18)25(33)23-16-30-32(24(23)26(27,28)29)19-7-3-2-4-8-19;1-18-6-5-7-24-22(18)12-13-23(24)19-14-16-26(17-15-19)29(27,28)21-10-8-20(9-11-21)25(2,3)4;1-13-3-2-4-17-15(13)5-6-16(17)14-7-9-25(10-8-14)28(26,27)21-12-20(24)19(23)11-18(21)22;1-12-8-20(18(22)10-17(12)21)28(26,27)25-6-4-13(5-7-25)16-11-24-19-3-2-14(23)9-15(16)19/h2-9,11,16,18H,10,12-15H2,1H3;5-11,13,19H,12,14-17H2,1-4H3;2-4,6,11-12,14H,5,7-10H2,1H3;2-3,8-11,13,24H,4-7H2,1H3. The topological polar surface area (TPSA) is 166 Å². The number of hydrogen-bond donors (Lipinski definition) is 1. The van der Waals surface area contributed by atoms with E-state index in [1.54, 1.807) is 47.6 Å². The summed E-state index contributed by atoms with van der Waals surface area (Å²) in [7, 11) is -11.1. The zero-order valence-corrected chi connectivity index (χ0v) is 71.4. The molecule has 2 aromatic heterocycles. The molecule has 0 bridgehead atoms. The van der Waals surface area contributed by atoms with Crippen molar-refractivity contribution in [3.8, 4) is 5.69 Å². The van der Waals surface area contributed by atoms with E-state index in [0.29, 0.717) is 117 Å². The van der Waals surface area contributed by atoms with Crippen molar-refractivity contribution in [2.75, 3.05) is 52.4 Å². The highest BCUT2D eigenvalue weighted by atomic mass is 35.5. The lowest BCUT2D eigenvalue weighted by Crippen LogP contribution is -2.39. The van der Waals surface area contributed by atoms with Crippen LogP contribution in [-0.4, -0.2) is 116 Å². The van der Waals surface area contributed by atoms with Crippen molar-refractivity contribution in [3.63, 3.8) is 0 Å². The van der Waals surface area contributed by atoms with Gasteiger partial charge in [0.2, 0.25) is 30.1 Å². The number of hydrogen-bond acceptors (Lipinski definition) is 8. The third-order valence-electron chi connectivity index (χ3n) is 24.4. The van der Waals surface area contributed by atoms with Crippen LogP contribution in [0.15, 0.2) is 197 Å². The summed E-state index contributed by atoms with van der Waals surface area (Å²) in [6, 6.07) is 43.7. The van der Waals surface area contributed by atoms with Crippen LogP contribution in [0.4, 0.5) is 26.3 Å². The molecule has 14 nitrogen and oxygen atoms in total.